The molecule has 230 valence electrons. The summed E-state index contributed by atoms with van der Waals surface area (Å²) in [5.41, 5.74) is 5.63. The molecule has 6 nitrogen and oxygen atoms in total. The lowest BCUT2D eigenvalue weighted by atomic mass is 9.70. The minimum Gasteiger partial charge on any atom is -0.395 e. The number of nitrogens with zero attached hydrogens (tertiary/aromatic N) is 2. The lowest BCUT2D eigenvalue weighted by molar-refractivity contribution is 0.159. The minimum atomic E-state index is -0.00213. The zero-order valence-corrected chi connectivity index (χ0v) is 27.7. The van der Waals surface area contributed by atoms with Crippen molar-refractivity contribution in [2.75, 3.05) is 65.7 Å². The zero-order chi connectivity index (χ0) is 29.5. The quantitative estimate of drug-likeness (QED) is 0.114. The third-order valence-corrected chi connectivity index (χ3v) is 9.59. The first-order chi connectivity index (χ1) is 20.0. The summed E-state index contributed by atoms with van der Waals surface area (Å²) in [4.78, 5) is 4.29. The highest BCUT2D eigenvalue weighted by Crippen LogP contribution is 2.55. The number of aliphatic hydroxyl groups excluding tert-OH is 4. The fourth-order valence-electron chi connectivity index (χ4n) is 6.57. The first kappa shape index (κ1) is 34.6. The van der Waals surface area contributed by atoms with Crippen LogP contribution in [-0.2, 0) is 5.41 Å². The van der Waals surface area contributed by atoms with Gasteiger partial charge in [0.05, 0.1) is 26.4 Å². The van der Waals surface area contributed by atoms with Crippen LogP contribution in [0.25, 0.3) is 11.1 Å². The Bertz CT molecular complexity index is 945. The molecule has 1 aliphatic carbocycles. The van der Waals surface area contributed by atoms with Gasteiger partial charge in [-0.2, -0.15) is 0 Å². The number of aliphatic hydroxyl groups is 4. The summed E-state index contributed by atoms with van der Waals surface area (Å²) in [5, 5.41) is 37.2. The third kappa shape index (κ3) is 10.1. The van der Waals surface area contributed by atoms with Crippen LogP contribution in [0.5, 0.6) is 0 Å². The van der Waals surface area contributed by atoms with Crippen LogP contribution >= 0.6 is 31.9 Å². The Hall–Kier alpha value is -0.840. The molecule has 0 saturated heterocycles. The van der Waals surface area contributed by atoms with Gasteiger partial charge in [0.2, 0.25) is 0 Å². The van der Waals surface area contributed by atoms with Gasteiger partial charge >= 0.3 is 0 Å². The molecule has 2 aromatic rings. The van der Waals surface area contributed by atoms with Crippen molar-refractivity contribution in [2.24, 2.45) is 0 Å². The van der Waals surface area contributed by atoms with E-state index in [-0.39, 0.29) is 31.8 Å². The molecule has 0 spiro atoms. The van der Waals surface area contributed by atoms with Gasteiger partial charge in [-0.15, -0.1) is 0 Å². The van der Waals surface area contributed by atoms with Crippen molar-refractivity contribution in [3.8, 4) is 11.1 Å². The molecule has 0 aromatic heterocycles. The van der Waals surface area contributed by atoms with Crippen LogP contribution in [0.2, 0.25) is 0 Å². The van der Waals surface area contributed by atoms with Crippen LogP contribution < -0.4 is 0 Å². The van der Waals surface area contributed by atoms with Gasteiger partial charge in [0.15, 0.2) is 0 Å². The molecule has 1 aliphatic rings. The summed E-state index contributed by atoms with van der Waals surface area (Å²) in [7, 11) is 0. The summed E-state index contributed by atoms with van der Waals surface area (Å²) < 4.78 is 2.27. The van der Waals surface area contributed by atoms with Gasteiger partial charge in [0, 0.05) is 40.5 Å². The molecule has 0 saturated carbocycles. The summed E-state index contributed by atoms with van der Waals surface area (Å²) >= 11 is 7.54. The van der Waals surface area contributed by atoms with Crippen LogP contribution in [0.15, 0.2) is 45.3 Å². The number of fused-ring (bicyclic) bond motifs is 3. The number of unbranched alkanes of at least 4 members (excludes halogenated alkanes) is 6. The van der Waals surface area contributed by atoms with Gasteiger partial charge < -0.3 is 20.4 Å². The standard InChI is InChI=1S/C33H50Br2N2O4/c34-27-9-11-29-30-12-10-28(35)26-32(30)33(31(29)25-27,13-5-1-3-7-15-36(17-21-38)18-22-39)14-6-2-4-8-16-37(19-23-40)20-24-41/h9-12,25-26,38-41H,1-8,13-24H2. The van der Waals surface area contributed by atoms with E-state index in [4.69, 9.17) is 0 Å². The molecule has 0 radical (unpaired) electrons. The Kier molecular flexibility index (Phi) is 15.8. The van der Waals surface area contributed by atoms with Gasteiger partial charge in [0.1, 0.15) is 0 Å². The molecule has 0 unspecified atom stereocenters. The van der Waals surface area contributed by atoms with Crippen LogP contribution in [0.1, 0.15) is 75.3 Å². The van der Waals surface area contributed by atoms with Crippen molar-refractivity contribution in [3.05, 3.63) is 56.5 Å². The van der Waals surface area contributed by atoms with Crippen LogP contribution in [0, 0.1) is 0 Å². The molecule has 3 rings (SSSR count). The molecule has 8 heteroatoms. The topological polar surface area (TPSA) is 87.4 Å². The Morgan fingerprint density at radius 3 is 1.22 bits per heavy atom. The van der Waals surface area contributed by atoms with E-state index in [2.05, 4.69) is 78.1 Å². The highest BCUT2D eigenvalue weighted by Gasteiger charge is 2.42. The molecule has 0 heterocycles. The van der Waals surface area contributed by atoms with Crippen molar-refractivity contribution in [2.45, 2.75) is 69.6 Å². The fourth-order valence-corrected chi connectivity index (χ4v) is 7.29. The van der Waals surface area contributed by atoms with Crippen molar-refractivity contribution < 1.29 is 20.4 Å². The molecule has 0 amide bonds. The van der Waals surface area contributed by atoms with E-state index in [1.165, 1.54) is 35.1 Å². The number of hydrogen-bond donors (Lipinski definition) is 4. The largest absolute Gasteiger partial charge is 0.395 e. The number of benzene rings is 2. The lowest BCUT2D eigenvalue weighted by Crippen LogP contribution is -2.30. The van der Waals surface area contributed by atoms with Crippen LogP contribution in [-0.4, -0.2) is 95.9 Å². The molecule has 41 heavy (non-hydrogen) atoms. The highest BCUT2D eigenvalue weighted by molar-refractivity contribution is 9.10. The van der Waals surface area contributed by atoms with Gasteiger partial charge in [-0.1, -0.05) is 82.5 Å². The normalized spacial score (nSPS) is 13.8. The van der Waals surface area contributed by atoms with Gasteiger partial charge in [-0.25, -0.2) is 0 Å². The minimum absolute atomic E-state index is 0.00213. The smallest absolute Gasteiger partial charge is 0.0558 e. The molecular weight excluding hydrogens is 648 g/mol. The Morgan fingerprint density at radius 2 is 0.854 bits per heavy atom. The molecule has 0 fully saturated rings. The fraction of sp³-hybridized carbons (Fsp3) is 0.636. The van der Waals surface area contributed by atoms with E-state index in [1.54, 1.807) is 0 Å². The maximum Gasteiger partial charge on any atom is 0.0558 e. The van der Waals surface area contributed by atoms with E-state index in [1.807, 2.05) is 0 Å². The van der Waals surface area contributed by atoms with Crippen LogP contribution in [0.3, 0.4) is 0 Å². The molecule has 0 aliphatic heterocycles. The Morgan fingerprint density at radius 1 is 0.488 bits per heavy atom. The molecule has 4 N–H and O–H groups in total. The predicted octanol–water partition coefficient (Wildman–Crippen LogP) is 5.95. The Labute approximate surface area is 264 Å². The molecule has 0 bridgehead atoms. The van der Waals surface area contributed by atoms with Gasteiger partial charge in [0.25, 0.3) is 0 Å². The number of hydrogen-bond acceptors (Lipinski definition) is 6. The van der Waals surface area contributed by atoms with Crippen LogP contribution in [0.4, 0.5) is 0 Å². The van der Waals surface area contributed by atoms with E-state index < -0.39 is 0 Å². The first-order valence-electron chi connectivity index (χ1n) is 15.5. The third-order valence-electron chi connectivity index (χ3n) is 8.61. The van der Waals surface area contributed by atoms with Crippen molar-refractivity contribution >= 4 is 31.9 Å². The SMILES string of the molecule is OCCN(CCO)CCCCCCC1(CCCCCCN(CCO)CCO)c2cc(Br)ccc2-c2ccc(Br)cc21. The van der Waals surface area contributed by atoms with Crippen molar-refractivity contribution in [1.29, 1.82) is 0 Å². The van der Waals surface area contributed by atoms with Crippen molar-refractivity contribution in [1.82, 2.24) is 9.80 Å². The molecule has 2 aromatic carbocycles. The van der Waals surface area contributed by atoms with Gasteiger partial charge in [-0.3, -0.25) is 9.80 Å². The lowest BCUT2D eigenvalue weighted by Gasteiger charge is -2.33. The number of halogens is 2. The molecular formula is C33H50Br2N2O4. The average Bonchev–Trinajstić information content (AvgIpc) is 3.21. The van der Waals surface area contributed by atoms with E-state index in [0.29, 0.717) is 26.2 Å². The van der Waals surface area contributed by atoms with Gasteiger partial charge in [-0.05, 0) is 85.3 Å². The monoisotopic (exact) mass is 696 g/mol. The van der Waals surface area contributed by atoms with Crippen molar-refractivity contribution in [3.63, 3.8) is 0 Å². The second-order valence-corrected chi connectivity index (χ2v) is 13.2. The van der Waals surface area contributed by atoms with E-state index in [0.717, 1.165) is 73.4 Å². The zero-order valence-electron chi connectivity index (χ0n) is 24.5. The summed E-state index contributed by atoms with van der Waals surface area (Å²) in [6.07, 6.45) is 11.4. The summed E-state index contributed by atoms with van der Waals surface area (Å²) in [5.74, 6) is 0. The summed E-state index contributed by atoms with van der Waals surface area (Å²) in [6.45, 7) is 4.89. The maximum absolute atomic E-state index is 9.29. The summed E-state index contributed by atoms with van der Waals surface area (Å²) in [6, 6.07) is 13.6. The molecule has 0 atom stereocenters. The second kappa shape index (κ2) is 18.7. The van der Waals surface area contributed by atoms with E-state index >= 15 is 0 Å². The number of rotatable bonds is 22. The highest BCUT2D eigenvalue weighted by atomic mass is 79.9. The van der Waals surface area contributed by atoms with E-state index in [9.17, 15) is 20.4 Å². The maximum atomic E-state index is 9.29. The Balaban J connectivity index is 1.67. The first-order valence-corrected chi connectivity index (χ1v) is 17.1. The predicted molar refractivity (Wildman–Crippen MR) is 175 cm³/mol. The average molecular weight is 699 g/mol. The second-order valence-electron chi connectivity index (χ2n) is 11.4.